The standard InChI is InChI=1S/C16H26O4/c1-2-3-4-5-7-12(17)8-6-9-13-14(18)10-11-15(19)16(13)20/h6,8,12,15,17,19-20H,2-5,7,9-11H2,1H3/b8-6+/t12-,15+/m1/s1. The van der Waals surface area contributed by atoms with Crippen LogP contribution >= 0.6 is 0 Å². The van der Waals surface area contributed by atoms with Crippen molar-refractivity contribution in [2.24, 2.45) is 0 Å². The molecule has 2 atom stereocenters. The van der Waals surface area contributed by atoms with Gasteiger partial charge >= 0.3 is 0 Å². The molecule has 0 saturated carbocycles. The van der Waals surface area contributed by atoms with Crippen LogP contribution in [0.2, 0.25) is 0 Å². The number of unbranched alkanes of at least 4 members (excludes halogenated alkanes) is 3. The number of hydrogen-bond acceptors (Lipinski definition) is 4. The Kier molecular flexibility index (Phi) is 7.55. The van der Waals surface area contributed by atoms with Crippen molar-refractivity contribution >= 4 is 5.78 Å². The van der Waals surface area contributed by atoms with Crippen molar-refractivity contribution in [1.29, 1.82) is 0 Å². The second-order valence-corrected chi connectivity index (χ2v) is 5.39. The van der Waals surface area contributed by atoms with E-state index in [2.05, 4.69) is 6.92 Å². The van der Waals surface area contributed by atoms with Crippen molar-refractivity contribution in [3.8, 4) is 0 Å². The first-order chi connectivity index (χ1) is 9.56. The smallest absolute Gasteiger partial charge is 0.162 e. The van der Waals surface area contributed by atoms with E-state index in [1.807, 2.05) is 0 Å². The van der Waals surface area contributed by atoms with Gasteiger partial charge in [0.05, 0.1) is 6.10 Å². The Morgan fingerprint density at radius 1 is 1.35 bits per heavy atom. The molecule has 1 aliphatic rings. The molecule has 0 unspecified atom stereocenters. The van der Waals surface area contributed by atoms with Gasteiger partial charge in [-0.3, -0.25) is 4.79 Å². The van der Waals surface area contributed by atoms with Crippen molar-refractivity contribution in [3.05, 3.63) is 23.5 Å². The summed E-state index contributed by atoms with van der Waals surface area (Å²) in [7, 11) is 0. The lowest BCUT2D eigenvalue weighted by atomic mass is 9.92. The van der Waals surface area contributed by atoms with Crippen LogP contribution in [-0.2, 0) is 4.79 Å². The molecule has 0 amide bonds. The fourth-order valence-corrected chi connectivity index (χ4v) is 2.34. The van der Waals surface area contributed by atoms with E-state index in [0.717, 1.165) is 19.3 Å². The van der Waals surface area contributed by atoms with Crippen molar-refractivity contribution in [2.75, 3.05) is 0 Å². The molecule has 0 heterocycles. The van der Waals surface area contributed by atoms with Gasteiger partial charge in [-0.1, -0.05) is 44.8 Å². The van der Waals surface area contributed by atoms with E-state index in [1.165, 1.54) is 12.8 Å². The van der Waals surface area contributed by atoms with Gasteiger partial charge in [0.2, 0.25) is 0 Å². The van der Waals surface area contributed by atoms with Crippen LogP contribution in [-0.4, -0.2) is 33.3 Å². The summed E-state index contributed by atoms with van der Waals surface area (Å²) < 4.78 is 0. The van der Waals surface area contributed by atoms with Crippen LogP contribution in [0.15, 0.2) is 23.5 Å². The minimum atomic E-state index is -0.921. The van der Waals surface area contributed by atoms with Crippen LogP contribution in [0.1, 0.15) is 58.3 Å². The molecule has 0 fully saturated rings. The molecule has 0 radical (unpaired) electrons. The molecule has 4 nitrogen and oxygen atoms in total. The van der Waals surface area contributed by atoms with Gasteiger partial charge in [-0.15, -0.1) is 0 Å². The maximum atomic E-state index is 11.6. The lowest BCUT2D eigenvalue weighted by Crippen LogP contribution is -2.23. The molecule has 4 heteroatoms. The summed E-state index contributed by atoms with van der Waals surface area (Å²) in [6.45, 7) is 2.14. The van der Waals surface area contributed by atoms with Crippen molar-refractivity contribution < 1.29 is 20.1 Å². The van der Waals surface area contributed by atoms with E-state index in [9.17, 15) is 20.1 Å². The number of Topliss-reactive ketones (excluding diaryl/α,β-unsaturated/α-hetero) is 1. The van der Waals surface area contributed by atoms with Crippen LogP contribution in [0.4, 0.5) is 0 Å². The molecular formula is C16H26O4. The molecule has 3 N–H and O–H groups in total. The summed E-state index contributed by atoms with van der Waals surface area (Å²) in [5.41, 5.74) is 0.276. The molecular weight excluding hydrogens is 256 g/mol. The van der Waals surface area contributed by atoms with Crippen LogP contribution in [0.25, 0.3) is 0 Å². The Labute approximate surface area is 120 Å². The number of allylic oxidation sites excluding steroid dienone is 2. The van der Waals surface area contributed by atoms with E-state index < -0.39 is 12.2 Å². The highest BCUT2D eigenvalue weighted by Crippen LogP contribution is 2.23. The summed E-state index contributed by atoms with van der Waals surface area (Å²) in [6.07, 6.45) is 7.97. The van der Waals surface area contributed by atoms with Gasteiger partial charge in [-0.2, -0.15) is 0 Å². The fraction of sp³-hybridized carbons (Fsp3) is 0.688. The van der Waals surface area contributed by atoms with Crippen LogP contribution in [0.5, 0.6) is 0 Å². The first-order valence-electron chi connectivity index (χ1n) is 7.54. The molecule has 1 rings (SSSR count). The lowest BCUT2D eigenvalue weighted by molar-refractivity contribution is -0.117. The number of aliphatic hydroxyl groups excluding tert-OH is 3. The van der Waals surface area contributed by atoms with E-state index >= 15 is 0 Å². The summed E-state index contributed by atoms with van der Waals surface area (Å²) >= 11 is 0. The highest BCUT2D eigenvalue weighted by atomic mass is 16.3. The average Bonchev–Trinajstić information content (AvgIpc) is 2.43. The SMILES string of the molecule is CCCCCC[C@@H](O)/C=C/CC1=C(O)[C@@H](O)CCC1=O. The van der Waals surface area contributed by atoms with Gasteiger partial charge in [-0.05, 0) is 19.3 Å². The zero-order chi connectivity index (χ0) is 15.0. The van der Waals surface area contributed by atoms with Crippen LogP contribution < -0.4 is 0 Å². The van der Waals surface area contributed by atoms with Gasteiger partial charge in [0, 0.05) is 12.0 Å². The first kappa shape index (κ1) is 16.9. The van der Waals surface area contributed by atoms with Crippen molar-refractivity contribution in [2.45, 2.75) is 70.5 Å². The maximum absolute atomic E-state index is 11.6. The Morgan fingerprint density at radius 3 is 2.80 bits per heavy atom. The van der Waals surface area contributed by atoms with Gasteiger partial charge in [0.1, 0.15) is 11.9 Å². The Balaban J connectivity index is 2.39. The zero-order valence-electron chi connectivity index (χ0n) is 12.2. The second kappa shape index (κ2) is 8.93. The third kappa shape index (κ3) is 5.47. The molecule has 0 aromatic rings. The number of carbonyl (C=O) groups excluding carboxylic acids is 1. The molecule has 114 valence electrons. The normalized spacial score (nSPS) is 21.8. The monoisotopic (exact) mass is 282 g/mol. The molecule has 0 saturated heterocycles. The number of carbonyl (C=O) groups is 1. The Hall–Kier alpha value is -1.13. The van der Waals surface area contributed by atoms with E-state index in [4.69, 9.17) is 0 Å². The number of hydrogen-bond donors (Lipinski definition) is 3. The predicted octanol–water partition coefficient (Wildman–Crippen LogP) is 2.80. The quantitative estimate of drug-likeness (QED) is 0.472. The maximum Gasteiger partial charge on any atom is 0.162 e. The summed E-state index contributed by atoms with van der Waals surface area (Å²) in [6, 6.07) is 0. The molecule has 0 aromatic carbocycles. The third-order valence-corrected chi connectivity index (χ3v) is 3.64. The summed E-state index contributed by atoms with van der Waals surface area (Å²) in [5, 5.41) is 29.0. The molecule has 1 aliphatic carbocycles. The van der Waals surface area contributed by atoms with Gasteiger partial charge < -0.3 is 15.3 Å². The minimum Gasteiger partial charge on any atom is -0.509 e. The highest BCUT2D eigenvalue weighted by molar-refractivity contribution is 5.97. The van der Waals surface area contributed by atoms with Crippen molar-refractivity contribution in [3.63, 3.8) is 0 Å². The van der Waals surface area contributed by atoms with E-state index in [0.29, 0.717) is 0 Å². The van der Waals surface area contributed by atoms with Crippen LogP contribution in [0.3, 0.4) is 0 Å². The molecule has 0 aromatic heterocycles. The fourth-order valence-electron chi connectivity index (χ4n) is 2.34. The van der Waals surface area contributed by atoms with Gasteiger partial charge in [0.15, 0.2) is 5.78 Å². The first-order valence-corrected chi connectivity index (χ1v) is 7.54. The van der Waals surface area contributed by atoms with Gasteiger partial charge in [-0.25, -0.2) is 0 Å². The summed E-state index contributed by atoms with van der Waals surface area (Å²) in [5.74, 6) is -0.321. The third-order valence-electron chi connectivity index (χ3n) is 3.64. The van der Waals surface area contributed by atoms with Crippen LogP contribution in [0, 0.1) is 0 Å². The Morgan fingerprint density at radius 2 is 2.10 bits per heavy atom. The molecule has 0 aliphatic heterocycles. The molecule has 0 spiro atoms. The van der Waals surface area contributed by atoms with E-state index in [-0.39, 0.29) is 36.4 Å². The number of aliphatic hydroxyl groups is 3. The zero-order valence-corrected chi connectivity index (χ0v) is 12.2. The predicted molar refractivity (Wildman–Crippen MR) is 78.4 cm³/mol. The van der Waals surface area contributed by atoms with Crippen molar-refractivity contribution in [1.82, 2.24) is 0 Å². The average molecular weight is 282 g/mol. The number of ketones is 1. The highest BCUT2D eigenvalue weighted by Gasteiger charge is 2.25. The second-order valence-electron chi connectivity index (χ2n) is 5.39. The summed E-state index contributed by atoms with van der Waals surface area (Å²) in [4.78, 5) is 11.6. The van der Waals surface area contributed by atoms with Gasteiger partial charge in [0.25, 0.3) is 0 Å². The minimum absolute atomic E-state index is 0.116. The topological polar surface area (TPSA) is 77.8 Å². The molecule has 20 heavy (non-hydrogen) atoms. The molecule has 0 bridgehead atoms. The number of rotatable bonds is 8. The largest absolute Gasteiger partial charge is 0.509 e. The van der Waals surface area contributed by atoms with E-state index in [1.54, 1.807) is 12.2 Å². The Bertz CT molecular complexity index is 371. The lowest BCUT2D eigenvalue weighted by Gasteiger charge is -2.19.